The number of hydrogen-bond donors (Lipinski definition) is 0. The highest BCUT2D eigenvalue weighted by Gasteiger charge is 2.47. The first-order chi connectivity index (χ1) is 13.5. The molecule has 1 fully saturated rings. The van der Waals surface area contributed by atoms with Gasteiger partial charge in [-0.3, -0.25) is 4.90 Å². The molecule has 4 heteroatoms. The van der Waals surface area contributed by atoms with Gasteiger partial charge in [0, 0.05) is 26.1 Å². The van der Waals surface area contributed by atoms with E-state index >= 15 is 0 Å². The Kier molecular flexibility index (Phi) is 8.25. The second-order valence-corrected chi connectivity index (χ2v) is 16.1. The fourth-order valence-corrected chi connectivity index (χ4v) is 11.2. The van der Waals surface area contributed by atoms with Gasteiger partial charge in [0.05, 0.1) is 11.4 Å². The first-order valence-electron chi connectivity index (χ1n) is 11.8. The number of hydrogen-bond acceptors (Lipinski definition) is 3. The van der Waals surface area contributed by atoms with E-state index in [2.05, 4.69) is 79.4 Å². The van der Waals surface area contributed by atoms with Crippen molar-refractivity contribution in [3.63, 3.8) is 0 Å². The lowest BCUT2D eigenvalue weighted by Crippen LogP contribution is -2.48. The Morgan fingerprint density at radius 2 is 1.69 bits per heavy atom. The average molecular weight is 422 g/mol. The van der Waals surface area contributed by atoms with E-state index in [-0.39, 0.29) is 5.60 Å². The molecular formula is C25H47NO2Si. The van der Waals surface area contributed by atoms with E-state index in [1.165, 1.54) is 25.1 Å². The van der Waals surface area contributed by atoms with Crippen LogP contribution in [-0.4, -0.2) is 45.1 Å². The molecule has 0 N–H and O–H groups in total. The normalized spacial score (nSPS) is 24.4. The molecule has 0 aromatic rings. The van der Waals surface area contributed by atoms with E-state index in [1.54, 1.807) is 5.57 Å². The average Bonchev–Trinajstić information content (AvgIpc) is 3.10. The van der Waals surface area contributed by atoms with Crippen molar-refractivity contribution >= 4 is 8.32 Å². The summed E-state index contributed by atoms with van der Waals surface area (Å²) in [6.07, 6.45) is 8.32. The third kappa shape index (κ3) is 5.19. The lowest BCUT2D eigenvalue weighted by Gasteiger charge is -2.43. The van der Waals surface area contributed by atoms with Crippen LogP contribution in [0.25, 0.3) is 0 Å². The Morgan fingerprint density at radius 3 is 2.17 bits per heavy atom. The molecule has 1 aliphatic heterocycles. The van der Waals surface area contributed by atoms with Crippen LogP contribution in [0, 0.1) is 5.92 Å². The van der Waals surface area contributed by atoms with Crippen LogP contribution >= 0.6 is 0 Å². The number of allylic oxidation sites excluding steroid dienone is 2. The van der Waals surface area contributed by atoms with Gasteiger partial charge >= 0.3 is 0 Å². The molecule has 0 spiro atoms. The van der Waals surface area contributed by atoms with Crippen molar-refractivity contribution in [2.24, 2.45) is 5.92 Å². The van der Waals surface area contributed by atoms with Gasteiger partial charge in [-0.05, 0) is 61.9 Å². The third-order valence-corrected chi connectivity index (χ3v) is 13.7. The predicted molar refractivity (Wildman–Crippen MR) is 128 cm³/mol. The molecule has 0 unspecified atom stereocenters. The van der Waals surface area contributed by atoms with E-state index in [1.807, 2.05) is 7.11 Å². The highest BCUT2D eigenvalue weighted by molar-refractivity contribution is 6.77. The van der Waals surface area contributed by atoms with Crippen LogP contribution in [0.2, 0.25) is 16.6 Å². The molecule has 1 saturated heterocycles. The first kappa shape index (κ1) is 24.7. The predicted octanol–water partition coefficient (Wildman–Crippen LogP) is 6.92. The van der Waals surface area contributed by atoms with Crippen LogP contribution in [0.5, 0.6) is 0 Å². The summed E-state index contributed by atoms with van der Waals surface area (Å²) in [5.41, 5.74) is 3.31. The summed E-state index contributed by atoms with van der Waals surface area (Å²) in [6.45, 7) is 23.2. The number of rotatable bonds is 9. The molecule has 3 nitrogen and oxygen atoms in total. The van der Waals surface area contributed by atoms with Gasteiger partial charge in [-0.2, -0.15) is 0 Å². The number of likely N-dealkylation sites (tertiary alicyclic amines) is 1. The van der Waals surface area contributed by atoms with E-state index in [4.69, 9.17) is 9.16 Å². The number of nitrogens with zero attached hydrogens (tertiary/aromatic N) is 1. The zero-order valence-electron chi connectivity index (χ0n) is 20.8. The molecular weight excluding hydrogens is 374 g/mol. The molecule has 0 bridgehead atoms. The Bertz CT molecular complexity index is 584. The van der Waals surface area contributed by atoms with Gasteiger partial charge in [0.25, 0.3) is 8.32 Å². The van der Waals surface area contributed by atoms with E-state index in [0.717, 1.165) is 13.0 Å². The van der Waals surface area contributed by atoms with Gasteiger partial charge in [0.2, 0.25) is 0 Å². The third-order valence-electron chi connectivity index (χ3n) is 7.68. The monoisotopic (exact) mass is 421 g/mol. The molecule has 2 aliphatic rings. The summed E-state index contributed by atoms with van der Waals surface area (Å²) in [4.78, 5) is 2.64. The molecule has 2 atom stereocenters. The molecule has 1 heterocycles. The zero-order chi connectivity index (χ0) is 22.0. The van der Waals surface area contributed by atoms with Crippen molar-refractivity contribution in [3.05, 3.63) is 23.5 Å². The van der Waals surface area contributed by atoms with Crippen LogP contribution in [0.1, 0.15) is 81.6 Å². The summed E-state index contributed by atoms with van der Waals surface area (Å²) in [5.74, 6) is 1.67. The van der Waals surface area contributed by atoms with Gasteiger partial charge in [-0.1, -0.05) is 60.1 Å². The van der Waals surface area contributed by atoms with Crippen molar-refractivity contribution in [1.82, 2.24) is 4.90 Å². The second kappa shape index (κ2) is 9.70. The summed E-state index contributed by atoms with van der Waals surface area (Å²) >= 11 is 0. The Balaban J connectivity index is 2.10. The first-order valence-corrected chi connectivity index (χ1v) is 14.0. The van der Waals surface area contributed by atoms with E-state index < -0.39 is 8.32 Å². The topological polar surface area (TPSA) is 21.7 Å². The smallest absolute Gasteiger partial charge is 0.258 e. The summed E-state index contributed by atoms with van der Waals surface area (Å²) in [7, 11) is -0.0208. The fourth-order valence-electron chi connectivity index (χ4n) is 5.91. The van der Waals surface area contributed by atoms with Crippen LogP contribution in [0.15, 0.2) is 23.5 Å². The summed E-state index contributed by atoms with van der Waals surface area (Å²) in [6, 6.07) is 0.505. The van der Waals surface area contributed by atoms with Gasteiger partial charge in [-0.25, -0.2) is 0 Å². The lowest BCUT2D eigenvalue weighted by molar-refractivity contribution is -0.0382. The SMILES string of the molecule is COC(C)(C)[C@@H]1CCCN1CC1=CCC(O[Si](C(C)C)(C(C)C)C(C)C)=C[C@@H]1C. The minimum atomic E-state index is -1.87. The van der Waals surface area contributed by atoms with Gasteiger partial charge in [0.15, 0.2) is 0 Å². The lowest BCUT2D eigenvalue weighted by atomic mass is 9.92. The molecule has 0 amide bonds. The molecule has 29 heavy (non-hydrogen) atoms. The molecule has 2 rings (SSSR count). The van der Waals surface area contributed by atoms with E-state index in [0.29, 0.717) is 28.6 Å². The molecule has 0 saturated carbocycles. The molecule has 168 valence electrons. The molecule has 0 radical (unpaired) electrons. The number of ether oxygens (including phenoxy) is 1. The molecule has 1 aliphatic carbocycles. The maximum absolute atomic E-state index is 6.97. The largest absolute Gasteiger partial charge is 0.546 e. The Morgan fingerprint density at radius 1 is 1.10 bits per heavy atom. The maximum atomic E-state index is 6.97. The minimum absolute atomic E-state index is 0.0872. The van der Waals surface area contributed by atoms with Crippen molar-refractivity contribution in [1.29, 1.82) is 0 Å². The van der Waals surface area contributed by atoms with Gasteiger partial charge < -0.3 is 9.16 Å². The van der Waals surface area contributed by atoms with Crippen molar-refractivity contribution in [3.8, 4) is 0 Å². The Hall–Kier alpha value is -0.583. The molecule has 0 aromatic heterocycles. The van der Waals surface area contributed by atoms with Crippen LogP contribution in [0.4, 0.5) is 0 Å². The molecule has 0 aromatic carbocycles. The zero-order valence-corrected chi connectivity index (χ0v) is 21.8. The van der Waals surface area contributed by atoms with E-state index in [9.17, 15) is 0 Å². The van der Waals surface area contributed by atoms with Crippen LogP contribution in [0.3, 0.4) is 0 Å². The quantitative estimate of drug-likeness (QED) is 0.298. The highest BCUT2D eigenvalue weighted by Crippen LogP contribution is 2.45. The number of methoxy groups -OCH3 is 1. The van der Waals surface area contributed by atoms with Gasteiger partial charge in [0.1, 0.15) is 0 Å². The Labute approximate surface area is 182 Å². The van der Waals surface area contributed by atoms with Crippen LogP contribution in [-0.2, 0) is 9.16 Å². The highest BCUT2D eigenvalue weighted by atomic mass is 28.4. The summed E-state index contributed by atoms with van der Waals surface area (Å²) in [5, 5.41) is 0. The van der Waals surface area contributed by atoms with Crippen LogP contribution < -0.4 is 0 Å². The maximum Gasteiger partial charge on any atom is 0.258 e. The van der Waals surface area contributed by atoms with Gasteiger partial charge in [-0.15, -0.1) is 0 Å². The van der Waals surface area contributed by atoms with Crippen molar-refractivity contribution in [2.45, 2.75) is 110 Å². The summed E-state index contributed by atoms with van der Waals surface area (Å²) < 4.78 is 12.8. The van der Waals surface area contributed by atoms with Crippen molar-refractivity contribution < 1.29 is 9.16 Å². The fraction of sp³-hybridized carbons (Fsp3) is 0.840. The standard InChI is InChI=1S/C25H47NO2Si/c1-18(2)29(19(3)4,20(5)6)28-23-14-13-22(21(7)16-23)17-26-15-11-12-24(26)25(8,9)27-10/h13,16,18-21,24H,11-12,14-15,17H2,1-10H3/t21-,24-/m0/s1. The second-order valence-electron chi connectivity index (χ2n) is 10.8. The van der Waals surface area contributed by atoms with Crippen molar-refractivity contribution in [2.75, 3.05) is 20.2 Å². The minimum Gasteiger partial charge on any atom is -0.546 e.